The Morgan fingerprint density at radius 1 is 1.48 bits per heavy atom. The minimum atomic E-state index is -3.13. The number of hydrogen-bond acceptors (Lipinski definition) is 6. The third-order valence-electron chi connectivity index (χ3n) is 3.42. The lowest BCUT2D eigenvalue weighted by Crippen LogP contribution is -2.37. The number of aliphatic carboxylic acids is 1. The molecule has 1 fully saturated rings. The van der Waals surface area contributed by atoms with Crippen LogP contribution < -0.4 is 0 Å². The van der Waals surface area contributed by atoms with E-state index in [0.29, 0.717) is 36.9 Å². The number of carboxylic acids is 1. The summed E-state index contributed by atoms with van der Waals surface area (Å²) in [6.45, 7) is 2.52. The van der Waals surface area contributed by atoms with E-state index in [2.05, 4.69) is 15.2 Å². The van der Waals surface area contributed by atoms with Gasteiger partial charge in [0.2, 0.25) is 15.2 Å². The fourth-order valence-electron chi connectivity index (χ4n) is 2.16. The molecular weight excluding hydrogens is 316 g/mol. The van der Waals surface area contributed by atoms with Gasteiger partial charge in [-0.3, -0.25) is 9.89 Å². The average Bonchev–Trinajstić information content (AvgIpc) is 2.86. The zero-order valence-electron chi connectivity index (χ0n) is 11.8. The number of sulfonamides is 1. The number of nitrogens with zero attached hydrogens (tertiary/aromatic N) is 3. The van der Waals surface area contributed by atoms with Gasteiger partial charge >= 0.3 is 5.97 Å². The average molecular weight is 334 g/mol. The summed E-state index contributed by atoms with van der Waals surface area (Å²) in [5.74, 6) is -0.0824. The molecule has 1 atom stereocenters. The number of carboxylic acid groups (broad SMARTS) is 1. The monoisotopic (exact) mass is 334 g/mol. The summed E-state index contributed by atoms with van der Waals surface area (Å²) < 4.78 is 24.4. The lowest BCUT2D eigenvalue weighted by atomic mass is 9.98. The molecular formula is C11H18N4O4S2. The molecule has 2 N–H and O–H groups in total. The van der Waals surface area contributed by atoms with Crippen LogP contribution in [0.1, 0.15) is 31.5 Å². The Kier molecular flexibility index (Phi) is 4.89. The number of carbonyl (C=O) groups is 1. The molecule has 10 heteroatoms. The first-order valence-electron chi connectivity index (χ1n) is 6.54. The van der Waals surface area contributed by atoms with Crippen molar-refractivity contribution >= 4 is 27.8 Å². The molecule has 0 aromatic carbocycles. The molecule has 1 aliphatic rings. The second-order valence-electron chi connectivity index (χ2n) is 5.04. The lowest BCUT2D eigenvalue weighted by Gasteiger charge is -2.28. The molecule has 0 amide bonds. The van der Waals surface area contributed by atoms with E-state index < -0.39 is 21.2 Å². The Hall–Kier alpha value is -1.13. The molecule has 8 nitrogen and oxygen atoms in total. The highest BCUT2D eigenvalue weighted by molar-refractivity contribution is 8.00. The van der Waals surface area contributed by atoms with Crippen LogP contribution in [0.2, 0.25) is 0 Å². The Morgan fingerprint density at radius 3 is 2.62 bits per heavy atom. The van der Waals surface area contributed by atoms with Crippen LogP contribution in [0, 0.1) is 0 Å². The third kappa shape index (κ3) is 4.17. The van der Waals surface area contributed by atoms with E-state index in [4.69, 9.17) is 5.11 Å². The number of nitrogens with one attached hydrogen (secondary N) is 1. The molecule has 1 saturated heterocycles. The van der Waals surface area contributed by atoms with Gasteiger partial charge < -0.3 is 5.11 Å². The number of H-pyrrole nitrogens is 1. The maximum atomic E-state index is 11.4. The maximum Gasteiger partial charge on any atom is 0.316 e. The minimum absolute atomic E-state index is 0.130. The molecule has 2 heterocycles. The van der Waals surface area contributed by atoms with Crippen LogP contribution >= 0.6 is 11.8 Å². The SMILES string of the molecule is C[C@@H](Sc1n[nH]c(C2CCN(S(C)(=O)=O)CC2)n1)C(=O)O. The van der Waals surface area contributed by atoms with Crippen molar-refractivity contribution in [2.75, 3.05) is 19.3 Å². The first kappa shape index (κ1) is 16.2. The Bertz CT molecular complexity index is 607. The highest BCUT2D eigenvalue weighted by atomic mass is 32.2. The van der Waals surface area contributed by atoms with Crippen molar-refractivity contribution in [2.45, 2.75) is 36.1 Å². The molecule has 0 unspecified atom stereocenters. The third-order valence-corrected chi connectivity index (χ3v) is 5.67. The normalized spacial score (nSPS) is 19.5. The van der Waals surface area contributed by atoms with Crippen LogP contribution in [0.4, 0.5) is 0 Å². The molecule has 0 aliphatic carbocycles. The molecule has 1 aromatic rings. The number of thioether (sulfide) groups is 1. The summed E-state index contributed by atoms with van der Waals surface area (Å²) in [6.07, 6.45) is 2.57. The molecule has 1 aromatic heterocycles. The summed E-state index contributed by atoms with van der Waals surface area (Å²) in [4.78, 5) is 15.1. The van der Waals surface area contributed by atoms with Crippen molar-refractivity contribution in [1.29, 1.82) is 0 Å². The van der Waals surface area contributed by atoms with Crippen LogP contribution in [0.15, 0.2) is 5.16 Å². The Labute approximate surface area is 127 Å². The smallest absolute Gasteiger partial charge is 0.316 e. The summed E-state index contributed by atoms with van der Waals surface area (Å²) >= 11 is 1.08. The lowest BCUT2D eigenvalue weighted by molar-refractivity contribution is -0.136. The quantitative estimate of drug-likeness (QED) is 0.753. The molecule has 0 spiro atoms. The summed E-state index contributed by atoms with van der Waals surface area (Å²) in [5, 5.41) is 15.5. The van der Waals surface area contributed by atoms with Crippen molar-refractivity contribution in [3.8, 4) is 0 Å². The number of hydrogen-bond donors (Lipinski definition) is 2. The first-order valence-corrected chi connectivity index (χ1v) is 9.27. The maximum absolute atomic E-state index is 11.4. The van der Waals surface area contributed by atoms with Crippen LogP contribution in [-0.4, -0.2) is 63.6 Å². The topological polar surface area (TPSA) is 116 Å². The van der Waals surface area contributed by atoms with Gasteiger partial charge in [0.25, 0.3) is 0 Å². The van der Waals surface area contributed by atoms with E-state index in [9.17, 15) is 13.2 Å². The zero-order valence-corrected chi connectivity index (χ0v) is 13.4. The molecule has 0 bridgehead atoms. The fourth-order valence-corrected chi connectivity index (χ4v) is 3.70. The van der Waals surface area contributed by atoms with Crippen molar-refractivity contribution in [3.05, 3.63) is 5.82 Å². The van der Waals surface area contributed by atoms with Gasteiger partial charge in [-0.25, -0.2) is 17.7 Å². The second-order valence-corrected chi connectivity index (χ2v) is 8.33. The number of aromatic nitrogens is 3. The highest BCUT2D eigenvalue weighted by Gasteiger charge is 2.28. The predicted octanol–water partition coefficient (Wildman–Crippen LogP) is 0.509. The van der Waals surface area contributed by atoms with Gasteiger partial charge in [-0.05, 0) is 19.8 Å². The van der Waals surface area contributed by atoms with Crippen LogP contribution in [0.5, 0.6) is 0 Å². The summed E-state index contributed by atoms with van der Waals surface area (Å²) in [5.41, 5.74) is 0. The van der Waals surface area contributed by atoms with Crippen molar-refractivity contribution in [3.63, 3.8) is 0 Å². The molecule has 118 valence electrons. The number of piperidine rings is 1. The number of aromatic amines is 1. The highest BCUT2D eigenvalue weighted by Crippen LogP contribution is 2.28. The Morgan fingerprint density at radius 2 is 2.10 bits per heavy atom. The summed E-state index contributed by atoms with van der Waals surface area (Å²) in [6, 6.07) is 0. The Balaban J connectivity index is 1.96. The zero-order chi connectivity index (χ0) is 15.6. The molecule has 21 heavy (non-hydrogen) atoms. The van der Waals surface area contributed by atoms with E-state index in [0.717, 1.165) is 11.8 Å². The van der Waals surface area contributed by atoms with Crippen LogP contribution in [0.25, 0.3) is 0 Å². The molecule has 0 saturated carbocycles. The first-order chi connectivity index (χ1) is 9.77. The van der Waals surface area contributed by atoms with Gasteiger partial charge in [0.1, 0.15) is 11.1 Å². The van der Waals surface area contributed by atoms with Gasteiger partial charge in [-0.15, -0.1) is 5.10 Å². The molecule has 2 rings (SSSR count). The van der Waals surface area contributed by atoms with Gasteiger partial charge in [0.05, 0.1) is 6.26 Å². The van der Waals surface area contributed by atoms with E-state index in [-0.39, 0.29) is 5.92 Å². The van der Waals surface area contributed by atoms with Crippen molar-refractivity contribution in [2.24, 2.45) is 0 Å². The molecule has 1 aliphatic heterocycles. The van der Waals surface area contributed by atoms with Gasteiger partial charge in [0, 0.05) is 19.0 Å². The van der Waals surface area contributed by atoms with E-state index in [1.807, 2.05) is 0 Å². The van der Waals surface area contributed by atoms with E-state index in [1.54, 1.807) is 6.92 Å². The van der Waals surface area contributed by atoms with E-state index in [1.165, 1.54) is 10.6 Å². The standard InChI is InChI=1S/C11H18N4O4S2/c1-7(10(16)17)20-11-12-9(13-14-11)8-3-5-15(6-4-8)21(2,18)19/h7-8H,3-6H2,1-2H3,(H,16,17)(H,12,13,14)/t7-/m1/s1. The largest absolute Gasteiger partial charge is 0.480 e. The molecule has 0 radical (unpaired) electrons. The van der Waals surface area contributed by atoms with Crippen LogP contribution in [0.3, 0.4) is 0 Å². The predicted molar refractivity (Wildman–Crippen MR) is 77.7 cm³/mol. The fraction of sp³-hybridized carbons (Fsp3) is 0.727. The van der Waals surface area contributed by atoms with Crippen molar-refractivity contribution in [1.82, 2.24) is 19.5 Å². The minimum Gasteiger partial charge on any atom is -0.480 e. The van der Waals surface area contributed by atoms with Crippen molar-refractivity contribution < 1.29 is 18.3 Å². The number of rotatable bonds is 5. The van der Waals surface area contributed by atoms with Gasteiger partial charge in [-0.2, -0.15) is 0 Å². The van der Waals surface area contributed by atoms with Crippen LogP contribution in [-0.2, 0) is 14.8 Å². The van der Waals surface area contributed by atoms with Gasteiger partial charge in [0.15, 0.2) is 0 Å². The van der Waals surface area contributed by atoms with Gasteiger partial charge in [-0.1, -0.05) is 11.8 Å². The second kappa shape index (κ2) is 6.32. The van der Waals surface area contributed by atoms with E-state index >= 15 is 0 Å². The summed E-state index contributed by atoms with van der Waals surface area (Å²) in [7, 11) is -3.13.